The molecule has 0 aliphatic carbocycles. The first-order valence-corrected chi connectivity index (χ1v) is 15.1. The van der Waals surface area contributed by atoms with Gasteiger partial charge in [0.25, 0.3) is 0 Å². The van der Waals surface area contributed by atoms with E-state index in [1.807, 2.05) is 0 Å². The summed E-state index contributed by atoms with van der Waals surface area (Å²) in [7, 11) is 0. The second kappa shape index (κ2) is 13.4. The van der Waals surface area contributed by atoms with Crippen LogP contribution >= 0.6 is 0 Å². The molecule has 0 bridgehead atoms. The smallest absolute Gasteiger partial charge is 1.00 e. The Balaban J connectivity index is 0.000000155. The van der Waals surface area contributed by atoms with Crippen molar-refractivity contribution >= 4 is 65.2 Å². The molecular formula is C42H28Cl2HfN2. The van der Waals surface area contributed by atoms with Gasteiger partial charge in [-0.25, -0.2) is 0 Å². The molecule has 10 aromatic rings. The first kappa shape index (κ1) is 32.5. The zero-order chi connectivity index (χ0) is 29.0. The molecule has 10 rings (SSSR count). The Morgan fingerprint density at radius 1 is 0.340 bits per heavy atom. The predicted octanol–water partition coefficient (Wildman–Crippen LogP) is 5.32. The molecule has 0 saturated heterocycles. The van der Waals surface area contributed by atoms with E-state index in [1.54, 1.807) is 0 Å². The summed E-state index contributed by atoms with van der Waals surface area (Å²) < 4.78 is 4.73. The van der Waals surface area contributed by atoms with E-state index in [4.69, 9.17) is 0 Å². The zero-order valence-electron chi connectivity index (χ0n) is 25.3. The second-order valence-electron chi connectivity index (χ2n) is 11.4. The van der Waals surface area contributed by atoms with Gasteiger partial charge in [0.15, 0.2) is 0 Å². The molecule has 0 aliphatic heterocycles. The number of aromatic nitrogens is 2. The van der Waals surface area contributed by atoms with Crippen LogP contribution in [0.2, 0.25) is 0 Å². The molecule has 2 aromatic heterocycles. The standard InChI is InChI=1S/2C21H14N.2ClH.Hf/c2*1-2-9-16(10-3-1)22-19-13-7-6-12-18(19)21-17-11-5-4-8-15(17)14-20(21)22;;;/h2*1-14H;2*1H;/q2*-1;;;+4/p-2. The average Bonchev–Trinajstić information content (AvgIpc) is 3.82. The average molecular weight is 810 g/mol. The van der Waals surface area contributed by atoms with Crippen LogP contribution in [-0.2, 0) is 25.8 Å². The molecule has 0 radical (unpaired) electrons. The number of hydrogen-bond acceptors (Lipinski definition) is 0. The fourth-order valence-electron chi connectivity index (χ4n) is 7.06. The summed E-state index contributed by atoms with van der Waals surface area (Å²) in [4.78, 5) is 0. The minimum absolute atomic E-state index is 0. The molecule has 5 heteroatoms. The van der Waals surface area contributed by atoms with Crippen molar-refractivity contribution in [1.82, 2.24) is 9.13 Å². The molecule has 2 heterocycles. The Bertz CT molecular complexity index is 2420. The molecule has 0 fully saturated rings. The molecular weight excluding hydrogens is 782 g/mol. The number of rotatable bonds is 2. The Hall–Kier alpha value is -4.41. The van der Waals surface area contributed by atoms with Crippen LogP contribution in [0.3, 0.4) is 0 Å². The molecule has 2 nitrogen and oxygen atoms in total. The molecule has 47 heavy (non-hydrogen) atoms. The van der Waals surface area contributed by atoms with Crippen LogP contribution in [0.15, 0.2) is 170 Å². The van der Waals surface area contributed by atoms with Gasteiger partial charge in [0.1, 0.15) is 0 Å². The topological polar surface area (TPSA) is 9.86 Å². The van der Waals surface area contributed by atoms with Crippen LogP contribution in [-0.4, -0.2) is 9.13 Å². The van der Waals surface area contributed by atoms with Gasteiger partial charge in [-0.1, -0.05) is 95.7 Å². The van der Waals surface area contributed by atoms with Gasteiger partial charge in [0.05, 0.1) is 0 Å². The second-order valence-corrected chi connectivity index (χ2v) is 11.4. The number of para-hydroxylation sites is 4. The van der Waals surface area contributed by atoms with Crippen molar-refractivity contribution in [3.05, 3.63) is 170 Å². The quantitative estimate of drug-likeness (QED) is 0.166. The van der Waals surface area contributed by atoms with Gasteiger partial charge >= 0.3 is 25.8 Å². The minimum atomic E-state index is 0. The van der Waals surface area contributed by atoms with Crippen LogP contribution in [0, 0.1) is 0 Å². The number of fused-ring (bicyclic) bond motifs is 10. The maximum atomic E-state index is 2.37. The van der Waals surface area contributed by atoms with Crippen molar-refractivity contribution in [3.8, 4) is 11.4 Å². The fourth-order valence-corrected chi connectivity index (χ4v) is 7.06. The molecule has 0 atom stereocenters. The van der Waals surface area contributed by atoms with E-state index in [-0.39, 0.29) is 50.7 Å². The molecule has 224 valence electrons. The van der Waals surface area contributed by atoms with Crippen LogP contribution < -0.4 is 24.8 Å². The number of benzene rings is 6. The summed E-state index contributed by atoms with van der Waals surface area (Å²) >= 11 is 0. The van der Waals surface area contributed by atoms with Crippen molar-refractivity contribution in [2.45, 2.75) is 0 Å². The Labute approximate surface area is 304 Å². The maximum absolute atomic E-state index is 2.37. The van der Waals surface area contributed by atoms with E-state index in [9.17, 15) is 0 Å². The third-order valence-corrected chi connectivity index (χ3v) is 8.90. The van der Waals surface area contributed by atoms with Gasteiger partial charge in [-0.2, -0.15) is 0 Å². The third kappa shape index (κ3) is 5.23. The van der Waals surface area contributed by atoms with E-state index in [1.165, 1.54) is 76.5 Å². The largest absolute Gasteiger partial charge is 4.00 e. The van der Waals surface area contributed by atoms with E-state index < -0.39 is 0 Å². The molecule has 0 amide bonds. The van der Waals surface area contributed by atoms with Crippen molar-refractivity contribution in [1.29, 1.82) is 0 Å². The maximum Gasteiger partial charge on any atom is 4.00 e. The minimum Gasteiger partial charge on any atom is -1.00 e. The summed E-state index contributed by atoms with van der Waals surface area (Å²) in [5, 5.41) is 10.6. The molecule has 0 aliphatic rings. The van der Waals surface area contributed by atoms with E-state index in [2.05, 4.69) is 179 Å². The summed E-state index contributed by atoms with van der Waals surface area (Å²) in [5.74, 6) is 0. The predicted molar refractivity (Wildman–Crippen MR) is 188 cm³/mol. The van der Waals surface area contributed by atoms with Crippen LogP contribution in [0.25, 0.3) is 76.5 Å². The number of nitrogens with zero attached hydrogens (tertiary/aromatic N) is 2. The van der Waals surface area contributed by atoms with Crippen LogP contribution in [0.1, 0.15) is 0 Å². The van der Waals surface area contributed by atoms with Crippen molar-refractivity contribution in [2.24, 2.45) is 0 Å². The Morgan fingerprint density at radius 3 is 1.06 bits per heavy atom. The fraction of sp³-hybridized carbons (Fsp3) is 0. The van der Waals surface area contributed by atoms with Crippen LogP contribution in [0.4, 0.5) is 0 Å². The summed E-state index contributed by atoms with van der Waals surface area (Å²) in [5.41, 5.74) is 7.53. The van der Waals surface area contributed by atoms with Gasteiger partial charge in [0, 0.05) is 22.4 Å². The van der Waals surface area contributed by atoms with E-state index in [0.29, 0.717) is 0 Å². The Morgan fingerprint density at radius 2 is 0.660 bits per heavy atom. The summed E-state index contributed by atoms with van der Waals surface area (Å²) in [6, 6.07) is 60.4. The molecule has 8 aromatic carbocycles. The molecule has 0 saturated carbocycles. The third-order valence-electron chi connectivity index (χ3n) is 8.90. The van der Waals surface area contributed by atoms with Crippen LogP contribution in [0.5, 0.6) is 0 Å². The first-order valence-electron chi connectivity index (χ1n) is 15.1. The first-order chi connectivity index (χ1) is 21.9. The van der Waals surface area contributed by atoms with Gasteiger partial charge in [-0.15, -0.1) is 70.1 Å². The van der Waals surface area contributed by atoms with Gasteiger partial charge in [-0.3, -0.25) is 0 Å². The van der Waals surface area contributed by atoms with Gasteiger partial charge in [-0.05, 0) is 58.2 Å². The number of halogens is 2. The van der Waals surface area contributed by atoms with Gasteiger partial charge < -0.3 is 33.9 Å². The van der Waals surface area contributed by atoms with E-state index >= 15 is 0 Å². The van der Waals surface area contributed by atoms with E-state index in [0.717, 1.165) is 0 Å². The number of hydrogen-bond donors (Lipinski definition) is 0. The SMILES string of the molecule is [Cl-].[Cl-].[Hf+4].c1ccc(-n2c3ccccc3c3c4ccccc4[cH-]c32)cc1.c1ccc(-n2c3ccccc3c3c4ccccc4[cH-]c32)cc1. The molecule has 0 unspecified atom stereocenters. The monoisotopic (exact) mass is 810 g/mol. The zero-order valence-corrected chi connectivity index (χ0v) is 30.4. The normalized spacial score (nSPS) is 10.9. The van der Waals surface area contributed by atoms with Gasteiger partial charge in [0.2, 0.25) is 0 Å². The molecule has 0 spiro atoms. The summed E-state index contributed by atoms with van der Waals surface area (Å²) in [6.07, 6.45) is 0. The Kier molecular flexibility index (Phi) is 9.25. The van der Waals surface area contributed by atoms with Crippen molar-refractivity contribution in [2.75, 3.05) is 0 Å². The molecule has 0 N–H and O–H groups in total. The summed E-state index contributed by atoms with van der Waals surface area (Å²) in [6.45, 7) is 0. The van der Waals surface area contributed by atoms with Crippen molar-refractivity contribution in [3.63, 3.8) is 0 Å². The van der Waals surface area contributed by atoms with Crippen molar-refractivity contribution < 1.29 is 50.7 Å².